The highest BCUT2D eigenvalue weighted by molar-refractivity contribution is 5.91. The lowest BCUT2D eigenvalue weighted by Crippen LogP contribution is -2.16. The number of aromatic hydroxyl groups is 1. The van der Waals surface area contributed by atoms with Crippen molar-refractivity contribution >= 4 is 17.3 Å². The number of nitro benzene ring substituents is 1. The molecule has 0 bridgehead atoms. The van der Waals surface area contributed by atoms with Gasteiger partial charge < -0.3 is 10.4 Å². The van der Waals surface area contributed by atoms with Crippen LogP contribution in [0.1, 0.15) is 23.5 Å². The molecule has 0 aromatic heterocycles. The smallest absolute Gasteiger partial charge is 0.269 e. The lowest BCUT2D eigenvalue weighted by molar-refractivity contribution is -0.384. The van der Waals surface area contributed by atoms with Gasteiger partial charge in [-0.2, -0.15) is 0 Å². The van der Waals surface area contributed by atoms with Crippen LogP contribution in [0.4, 0.5) is 11.4 Å². The molecule has 2 N–H and O–H groups in total. The largest absolute Gasteiger partial charge is 0.508 e. The number of rotatable bonds is 6. The summed E-state index contributed by atoms with van der Waals surface area (Å²) in [6.07, 6.45) is 0.124. The van der Waals surface area contributed by atoms with Gasteiger partial charge in [-0.05, 0) is 23.8 Å². The van der Waals surface area contributed by atoms with E-state index in [2.05, 4.69) is 5.32 Å². The van der Waals surface area contributed by atoms with E-state index in [1.165, 1.54) is 24.3 Å². The van der Waals surface area contributed by atoms with Crippen LogP contribution >= 0.6 is 0 Å². The van der Waals surface area contributed by atoms with Crippen molar-refractivity contribution in [1.29, 1.82) is 0 Å². The molecule has 0 aliphatic carbocycles. The van der Waals surface area contributed by atoms with Crippen molar-refractivity contribution in [2.75, 3.05) is 5.32 Å². The Labute approximate surface area is 156 Å². The second-order valence-corrected chi connectivity index (χ2v) is 6.08. The third-order valence-electron chi connectivity index (χ3n) is 4.27. The summed E-state index contributed by atoms with van der Waals surface area (Å²) >= 11 is 0. The van der Waals surface area contributed by atoms with Crippen LogP contribution in [-0.2, 0) is 4.79 Å². The summed E-state index contributed by atoms with van der Waals surface area (Å²) in [5.41, 5.74) is 2.03. The van der Waals surface area contributed by atoms with Gasteiger partial charge in [0.25, 0.3) is 5.69 Å². The zero-order valence-corrected chi connectivity index (χ0v) is 14.4. The number of hydrogen-bond acceptors (Lipinski definition) is 4. The van der Waals surface area contributed by atoms with E-state index in [1.807, 2.05) is 36.4 Å². The minimum absolute atomic E-state index is 0.0376. The number of nitrogens with zero attached hydrogens (tertiary/aromatic N) is 1. The van der Waals surface area contributed by atoms with Gasteiger partial charge in [-0.1, -0.05) is 48.5 Å². The van der Waals surface area contributed by atoms with Gasteiger partial charge in [-0.15, -0.1) is 0 Å². The van der Waals surface area contributed by atoms with Gasteiger partial charge in [0, 0.05) is 35.7 Å². The second-order valence-electron chi connectivity index (χ2n) is 6.08. The molecule has 0 saturated heterocycles. The van der Waals surface area contributed by atoms with Gasteiger partial charge in [0.15, 0.2) is 0 Å². The number of non-ortho nitro benzene ring substituents is 1. The van der Waals surface area contributed by atoms with E-state index in [4.69, 9.17) is 0 Å². The predicted octanol–water partition coefficient (Wildman–Crippen LogP) is 4.46. The van der Waals surface area contributed by atoms with Gasteiger partial charge >= 0.3 is 0 Å². The Kier molecular flexibility index (Phi) is 5.47. The van der Waals surface area contributed by atoms with E-state index in [9.17, 15) is 20.0 Å². The summed E-state index contributed by atoms with van der Waals surface area (Å²) < 4.78 is 0. The maximum Gasteiger partial charge on any atom is 0.269 e. The number of anilines is 1. The first-order valence-corrected chi connectivity index (χ1v) is 8.42. The maximum atomic E-state index is 12.6. The maximum absolute atomic E-state index is 12.6. The molecule has 0 spiro atoms. The molecule has 27 heavy (non-hydrogen) atoms. The number of carbonyl (C=O) groups excluding carboxylic acids is 1. The van der Waals surface area contributed by atoms with Crippen molar-refractivity contribution in [3.8, 4) is 5.75 Å². The topological polar surface area (TPSA) is 92.5 Å². The van der Waals surface area contributed by atoms with E-state index in [0.29, 0.717) is 11.3 Å². The molecule has 1 unspecified atom stereocenters. The van der Waals surface area contributed by atoms with Gasteiger partial charge in [-0.25, -0.2) is 0 Å². The Balaban J connectivity index is 1.81. The molecule has 3 aromatic carbocycles. The standard InChI is InChI=1S/C21H18N2O4/c24-20-9-5-4-8-18(20)19(15-6-2-1-3-7-15)14-21(25)22-16-10-12-17(13-11-16)23(26)27/h1-13,19,24H,14H2,(H,22,25). The summed E-state index contributed by atoms with van der Waals surface area (Å²) in [5, 5.41) is 23.7. The normalized spacial score (nSPS) is 11.6. The van der Waals surface area contributed by atoms with Crippen LogP contribution in [0.3, 0.4) is 0 Å². The van der Waals surface area contributed by atoms with Crippen LogP contribution < -0.4 is 5.32 Å². The Bertz CT molecular complexity index is 940. The van der Waals surface area contributed by atoms with E-state index < -0.39 is 4.92 Å². The van der Waals surface area contributed by atoms with Crippen LogP contribution in [0.2, 0.25) is 0 Å². The first kappa shape index (κ1) is 18.1. The second kappa shape index (κ2) is 8.14. The first-order valence-electron chi connectivity index (χ1n) is 8.42. The van der Waals surface area contributed by atoms with Gasteiger partial charge in [-0.3, -0.25) is 14.9 Å². The fourth-order valence-electron chi connectivity index (χ4n) is 2.94. The molecule has 3 aromatic rings. The molecule has 6 nitrogen and oxygen atoms in total. The minimum Gasteiger partial charge on any atom is -0.508 e. The molecule has 0 heterocycles. The minimum atomic E-state index is -0.491. The molecule has 3 rings (SSSR count). The number of amides is 1. The molecule has 0 aliphatic heterocycles. The number of benzene rings is 3. The van der Waals surface area contributed by atoms with Crippen molar-refractivity contribution in [1.82, 2.24) is 0 Å². The summed E-state index contributed by atoms with van der Waals surface area (Å²) in [5.74, 6) is -0.430. The molecule has 1 atom stereocenters. The summed E-state index contributed by atoms with van der Waals surface area (Å²) in [6.45, 7) is 0. The summed E-state index contributed by atoms with van der Waals surface area (Å²) in [6, 6.07) is 22.1. The number of hydrogen-bond donors (Lipinski definition) is 2. The molecule has 0 radical (unpaired) electrons. The number of carbonyl (C=O) groups is 1. The molecular formula is C21H18N2O4. The lowest BCUT2D eigenvalue weighted by atomic mass is 9.87. The fourth-order valence-corrected chi connectivity index (χ4v) is 2.94. The van der Waals surface area contributed by atoms with E-state index in [1.54, 1.807) is 18.2 Å². The first-order chi connectivity index (χ1) is 13.0. The van der Waals surface area contributed by atoms with Crippen molar-refractivity contribution in [2.45, 2.75) is 12.3 Å². The third kappa shape index (κ3) is 4.49. The lowest BCUT2D eigenvalue weighted by Gasteiger charge is -2.19. The van der Waals surface area contributed by atoms with Crippen molar-refractivity contribution in [2.24, 2.45) is 0 Å². The average Bonchev–Trinajstić information content (AvgIpc) is 2.68. The van der Waals surface area contributed by atoms with Crippen molar-refractivity contribution in [3.05, 3.63) is 100 Å². The zero-order chi connectivity index (χ0) is 19.2. The molecule has 0 saturated carbocycles. The highest BCUT2D eigenvalue weighted by Gasteiger charge is 2.21. The summed E-state index contributed by atoms with van der Waals surface area (Å²) in [4.78, 5) is 22.8. The Hall–Kier alpha value is -3.67. The van der Waals surface area contributed by atoms with E-state index in [0.717, 1.165) is 5.56 Å². The van der Waals surface area contributed by atoms with Crippen LogP contribution in [0, 0.1) is 10.1 Å². The SMILES string of the molecule is O=C(CC(c1ccccc1)c1ccccc1O)Nc1ccc([N+](=O)[O-])cc1. The van der Waals surface area contributed by atoms with E-state index in [-0.39, 0.29) is 29.7 Å². The van der Waals surface area contributed by atoms with Crippen LogP contribution in [0.15, 0.2) is 78.9 Å². The molecule has 1 amide bonds. The van der Waals surface area contributed by atoms with Gasteiger partial charge in [0.1, 0.15) is 5.75 Å². The highest BCUT2D eigenvalue weighted by Crippen LogP contribution is 2.34. The molecular weight excluding hydrogens is 344 g/mol. The van der Waals surface area contributed by atoms with Crippen molar-refractivity contribution < 1.29 is 14.8 Å². The molecule has 0 fully saturated rings. The Morgan fingerprint density at radius 1 is 0.963 bits per heavy atom. The number of phenolic OH excluding ortho intramolecular Hbond substituents is 1. The predicted molar refractivity (Wildman–Crippen MR) is 103 cm³/mol. The Morgan fingerprint density at radius 2 is 1.59 bits per heavy atom. The van der Waals surface area contributed by atoms with Gasteiger partial charge in [0.2, 0.25) is 5.91 Å². The fraction of sp³-hybridized carbons (Fsp3) is 0.0952. The van der Waals surface area contributed by atoms with Crippen molar-refractivity contribution in [3.63, 3.8) is 0 Å². The van der Waals surface area contributed by atoms with Gasteiger partial charge in [0.05, 0.1) is 4.92 Å². The zero-order valence-electron chi connectivity index (χ0n) is 14.4. The quantitative estimate of drug-likeness (QED) is 0.500. The third-order valence-corrected chi connectivity index (χ3v) is 4.27. The number of nitrogens with one attached hydrogen (secondary N) is 1. The van der Waals surface area contributed by atoms with E-state index >= 15 is 0 Å². The summed E-state index contributed by atoms with van der Waals surface area (Å²) in [7, 11) is 0. The number of para-hydroxylation sites is 1. The molecule has 136 valence electrons. The molecule has 0 aliphatic rings. The highest BCUT2D eigenvalue weighted by atomic mass is 16.6. The van der Waals surface area contributed by atoms with Crippen LogP contribution in [-0.4, -0.2) is 15.9 Å². The molecule has 6 heteroatoms. The van der Waals surface area contributed by atoms with Crippen LogP contribution in [0.5, 0.6) is 5.75 Å². The Morgan fingerprint density at radius 3 is 2.22 bits per heavy atom. The average molecular weight is 362 g/mol. The van der Waals surface area contributed by atoms with Crippen LogP contribution in [0.25, 0.3) is 0 Å². The number of phenols is 1. The number of nitro groups is 1. The monoisotopic (exact) mass is 362 g/mol.